The van der Waals surface area contributed by atoms with Crippen molar-refractivity contribution >= 4 is 39.4 Å². The Morgan fingerprint density at radius 1 is 0.966 bits per heavy atom. The number of nitrogens with zero attached hydrogens (tertiary/aromatic N) is 3. The van der Waals surface area contributed by atoms with E-state index in [0.29, 0.717) is 73.8 Å². The number of nitrogens with one attached hydrogen (secondary N) is 2. The van der Waals surface area contributed by atoms with Gasteiger partial charge in [0.1, 0.15) is 23.1 Å². The molecule has 6 rings (SSSR count). The molecule has 0 saturated carbocycles. The van der Waals surface area contributed by atoms with Crippen molar-refractivity contribution in [1.29, 1.82) is 0 Å². The number of hydrogen-bond donors (Lipinski definition) is 2. The molecule has 2 N–H and O–H groups in total. The van der Waals surface area contributed by atoms with Crippen LogP contribution in [0.15, 0.2) is 53.3 Å². The van der Waals surface area contributed by atoms with Crippen LogP contribution in [0.25, 0.3) is 10.2 Å². The molecule has 4 aromatic rings. The normalized spacial score (nSPS) is 16.7. The maximum Gasteiger partial charge on any atom is 0.491 e. The number of carbonyl (C=O) groups excluding carboxylic acids is 3. The first kappa shape index (κ1) is 43.7. The summed E-state index contributed by atoms with van der Waals surface area (Å²) in [5, 5.41) is 2.83. The van der Waals surface area contributed by atoms with E-state index >= 15 is 4.39 Å². The van der Waals surface area contributed by atoms with E-state index in [4.69, 9.17) is 9.47 Å². The summed E-state index contributed by atoms with van der Waals surface area (Å²) in [5.74, 6) is -6.34. The highest BCUT2D eigenvalue weighted by Gasteiger charge is 2.44. The maximum atomic E-state index is 15.8. The fourth-order valence-corrected chi connectivity index (χ4v) is 7.99. The number of alkyl halides is 6. The summed E-state index contributed by atoms with van der Waals surface area (Å²) in [4.78, 5) is 58.7. The number of amides is 1. The van der Waals surface area contributed by atoms with E-state index in [0.717, 1.165) is 17.8 Å². The zero-order valence-electron chi connectivity index (χ0n) is 31.8. The molecule has 1 amide bonds. The summed E-state index contributed by atoms with van der Waals surface area (Å²) in [6.45, 7) is 6.25. The average molecular weight is 856 g/mol. The van der Waals surface area contributed by atoms with Crippen molar-refractivity contribution in [2.75, 3.05) is 45.9 Å². The number of morpholine rings is 1. The number of fused-ring (bicyclic) bond motifs is 1. The van der Waals surface area contributed by atoms with E-state index in [-0.39, 0.29) is 41.6 Å². The number of pyridine rings is 1. The lowest BCUT2D eigenvalue weighted by Gasteiger charge is -2.47. The lowest BCUT2D eigenvalue weighted by Crippen LogP contribution is -2.58. The molecule has 2 aromatic heterocycles. The molecule has 0 bridgehead atoms. The van der Waals surface area contributed by atoms with E-state index in [1.54, 1.807) is 29.2 Å². The van der Waals surface area contributed by atoms with Gasteiger partial charge in [-0.05, 0) is 61.6 Å². The third-order valence-corrected chi connectivity index (χ3v) is 11.1. The van der Waals surface area contributed by atoms with Gasteiger partial charge in [-0.25, -0.2) is 19.0 Å². The van der Waals surface area contributed by atoms with Crippen LogP contribution >= 0.6 is 11.3 Å². The van der Waals surface area contributed by atoms with Crippen molar-refractivity contribution in [3.05, 3.63) is 92.1 Å². The summed E-state index contributed by atoms with van der Waals surface area (Å²) in [6, 6.07) is 12.1. The summed E-state index contributed by atoms with van der Waals surface area (Å²) >= 11 is 0.389. The number of thiazole rings is 1. The van der Waals surface area contributed by atoms with Crippen molar-refractivity contribution in [3.63, 3.8) is 0 Å². The fourth-order valence-electron chi connectivity index (χ4n) is 7.08. The molecule has 1 atom stereocenters. The topological polar surface area (TPSA) is 143 Å². The van der Waals surface area contributed by atoms with Gasteiger partial charge in [0.25, 0.3) is 5.91 Å². The number of rotatable bonds is 12. The SMILES string of the molecule is CC(C)c1cccc(C(=O)N2CCOC3(CCN(Cc4cccc(CCNC[C@H](OC(=O)C(F)(F)F)c5ccc(OC(=O)C(F)(F)F)c6[nH]c(=O)sc56)c4F)CC3)C2)n1. The third kappa shape index (κ3) is 10.5. The summed E-state index contributed by atoms with van der Waals surface area (Å²) in [7, 11) is 0. The zero-order valence-corrected chi connectivity index (χ0v) is 32.6. The minimum absolute atomic E-state index is 0.00961. The van der Waals surface area contributed by atoms with Crippen LogP contribution in [-0.2, 0) is 32.0 Å². The molecule has 2 aliphatic heterocycles. The number of piperidine rings is 1. The van der Waals surface area contributed by atoms with Gasteiger partial charge in [0.2, 0.25) is 0 Å². The van der Waals surface area contributed by atoms with Crippen molar-refractivity contribution < 1.29 is 59.3 Å². The summed E-state index contributed by atoms with van der Waals surface area (Å²) in [6.07, 6.45) is -11.2. The number of hydrogen-bond acceptors (Lipinski definition) is 11. The molecule has 12 nitrogen and oxygen atoms in total. The first-order chi connectivity index (χ1) is 27.8. The summed E-state index contributed by atoms with van der Waals surface area (Å²) < 4.78 is 109. The monoisotopic (exact) mass is 855 g/mol. The fraction of sp³-hybridized carbons (Fsp3) is 0.462. The van der Waals surface area contributed by atoms with Crippen LogP contribution < -0.4 is 14.9 Å². The number of likely N-dealkylation sites (tertiary alicyclic amines) is 1. The number of carbonyl (C=O) groups is 3. The molecule has 20 heteroatoms. The molecular formula is C39H40F7N5O7S. The van der Waals surface area contributed by atoms with Crippen LogP contribution in [0, 0.1) is 5.82 Å². The lowest BCUT2D eigenvalue weighted by atomic mass is 9.89. The number of benzene rings is 2. The molecule has 4 heterocycles. The highest BCUT2D eigenvalue weighted by molar-refractivity contribution is 7.16. The smallest absolute Gasteiger partial charge is 0.449 e. The van der Waals surface area contributed by atoms with Gasteiger partial charge in [-0.3, -0.25) is 14.5 Å². The number of halogens is 7. The predicted octanol–water partition coefficient (Wildman–Crippen LogP) is 6.20. The number of aromatic nitrogens is 2. The van der Waals surface area contributed by atoms with Crippen LogP contribution in [0.4, 0.5) is 30.7 Å². The lowest BCUT2D eigenvalue weighted by molar-refractivity contribution is -0.205. The van der Waals surface area contributed by atoms with E-state index < -0.39 is 64.5 Å². The molecule has 59 heavy (non-hydrogen) atoms. The van der Waals surface area contributed by atoms with E-state index in [2.05, 4.69) is 24.9 Å². The van der Waals surface area contributed by atoms with Gasteiger partial charge < -0.3 is 29.4 Å². The Bertz CT molecular complexity index is 2240. The quantitative estimate of drug-likeness (QED) is 0.0732. The highest BCUT2D eigenvalue weighted by atomic mass is 32.1. The second-order valence-corrected chi connectivity index (χ2v) is 15.6. The summed E-state index contributed by atoms with van der Waals surface area (Å²) in [5.41, 5.74) is 0.801. The van der Waals surface area contributed by atoms with Crippen LogP contribution in [0.3, 0.4) is 0 Å². The molecule has 2 aromatic carbocycles. The van der Waals surface area contributed by atoms with Crippen molar-refractivity contribution in [2.45, 2.75) is 69.6 Å². The van der Waals surface area contributed by atoms with E-state index in [9.17, 15) is 45.5 Å². The standard InChI is InChI=1S/C39H40F7N5O7S/c1-22(2)26-7-4-8-27(48-26)33(52)51-17-18-56-37(21-51)12-15-50(16-13-37)20-24-6-3-5-23(30(24)40)11-14-47-19-29(58-35(54)39(44,45)46)25-9-10-28(57-34(53)38(41,42)43)31-32(25)59-36(55)49-31/h3-10,22,29,47H,11-21H2,1-2H3,(H,49,55)/t29-/m0/s1. The van der Waals surface area contributed by atoms with Crippen LogP contribution in [0.2, 0.25) is 0 Å². The highest BCUT2D eigenvalue weighted by Crippen LogP contribution is 2.36. The van der Waals surface area contributed by atoms with Gasteiger partial charge in [-0.2, -0.15) is 26.3 Å². The van der Waals surface area contributed by atoms with Crippen LogP contribution in [0.5, 0.6) is 5.75 Å². The second kappa shape index (κ2) is 17.7. The molecule has 1 spiro atoms. The van der Waals surface area contributed by atoms with Gasteiger partial charge in [-0.1, -0.05) is 49.4 Å². The Morgan fingerprint density at radius 3 is 2.36 bits per heavy atom. The molecule has 0 unspecified atom stereocenters. The number of aromatic amines is 1. The largest absolute Gasteiger partial charge is 0.491 e. The zero-order chi connectivity index (χ0) is 42.7. The Hall–Kier alpha value is -4.92. The van der Waals surface area contributed by atoms with Crippen LogP contribution in [0.1, 0.15) is 71.6 Å². The Labute approximate surface area is 336 Å². The van der Waals surface area contributed by atoms with Gasteiger partial charge in [0.15, 0.2) is 5.75 Å². The number of ether oxygens (including phenoxy) is 3. The van der Waals surface area contributed by atoms with Gasteiger partial charge in [0.05, 0.1) is 23.5 Å². The molecule has 318 valence electrons. The molecule has 0 aliphatic carbocycles. The first-order valence-electron chi connectivity index (χ1n) is 18.7. The first-order valence-corrected chi connectivity index (χ1v) is 19.5. The Balaban J connectivity index is 1.07. The van der Waals surface area contributed by atoms with E-state index in [1.807, 2.05) is 26.0 Å². The van der Waals surface area contributed by atoms with Gasteiger partial charge >= 0.3 is 29.2 Å². The van der Waals surface area contributed by atoms with E-state index in [1.165, 1.54) is 0 Å². The number of H-pyrrole nitrogens is 1. The molecule has 2 aliphatic rings. The average Bonchev–Trinajstić information content (AvgIpc) is 3.59. The van der Waals surface area contributed by atoms with Crippen molar-refractivity contribution in [2.24, 2.45) is 0 Å². The molecule has 0 radical (unpaired) electrons. The van der Waals surface area contributed by atoms with Gasteiger partial charge in [-0.15, -0.1) is 0 Å². The number of esters is 2. The Morgan fingerprint density at radius 2 is 1.66 bits per heavy atom. The van der Waals surface area contributed by atoms with Gasteiger partial charge in [0, 0.05) is 49.5 Å². The third-order valence-electron chi connectivity index (χ3n) is 10.2. The van der Waals surface area contributed by atoms with Crippen molar-refractivity contribution in [3.8, 4) is 5.75 Å². The molecule has 2 fully saturated rings. The molecular weight excluding hydrogens is 816 g/mol. The molecule has 2 saturated heterocycles. The van der Waals surface area contributed by atoms with Crippen LogP contribution in [-0.4, -0.2) is 101 Å². The predicted molar refractivity (Wildman–Crippen MR) is 199 cm³/mol. The minimum atomic E-state index is -5.41. The Kier molecular flexibility index (Phi) is 13.1. The minimum Gasteiger partial charge on any atom is -0.449 e. The second-order valence-electron chi connectivity index (χ2n) is 14.6. The maximum absolute atomic E-state index is 15.8. The van der Waals surface area contributed by atoms with Crippen molar-refractivity contribution in [1.82, 2.24) is 25.1 Å².